The molecule has 0 aromatic heterocycles. The lowest BCUT2D eigenvalue weighted by Crippen LogP contribution is -2.41. The van der Waals surface area contributed by atoms with E-state index < -0.39 is 28.4 Å². The van der Waals surface area contributed by atoms with Gasteiger partial charge < -0.3 is 15.4 Å². The Balaban J connectivity index is 1.75. The van der Waals surface area contributed by atoms with E-state index in [-0.39, 0.29) is 18.0 Å². The van der Waals surface area contributed by atoms with Crippen LogP contribution in [0.5, 0.6) is 5.75 Å². The first-order chi connectivity index (χ1) is 13.3. The molecule has 0 heterocycles. The largest absolute Gasteiger partial charge is 0.496 e. The van der Waals surface area contributed by atoms with Crippen molar-refractivity contribution in [2.24, 2.45) is 0 Å². The molecule has 0 radical (unpaired) electrons. The molecule has 2 rings (SSSR count). The highest BCUT2D eigenvalue weighted by Crippen LogP contribution is 2.16. The summed E-state index contributed by atoms with van der Waals surface area (Å²) in [6, 6.07) is 13.5. The molecule has 8 nitrogen and oxygen atoms in total. The normalized spacial score (nSPS) is 10.9. The second-order valence-corrected chi connectivity index (χ2v) is 7.77. The van der Waals surface area contributed by atoms with Gasteiger partial charge in [-0.15, -0.1) is 0 Å². The van der Waals surface area contributed by atoms with Crippen LogP contribution in [0.1, 0.15) is 11.1 Å². The number of amides is 2. The molecule has 0 bridgehead atoms. The van der Waals surface area contributed by atoms with Crippen molar-refractivity contribution in [3.8, 4) is 5.75 Å². The lowest BCUT2D eigenvalue weighted by Gasteiger charge is -2.10. The van der Waals surface area contributed by atoms with Gasteiger partial charge >= 0.3 is 0 Å². The Morgan fingerprint density at radius 2 is 1.57 bits per heavy atom. The lowest BCUT2D eigenvalue weighted by molar-refractivity contribution is -0.125. The molecule has 150 valence electrons. The van der Waals surface area contributed by atoms with Gasteiger partial charge in [0.2, 0.25) is 21.8 Å². The standard InChI is InChI=1S/C19H23N3O5S/c1-14-7-9-16(10-8-14)28(25,26)22-13-19(24)21-12-18(23)20-11-15-5-3-4-6-17(15)27-2/h3-10,22H,11-13H2,1-2H3,(H,20,23)(H,21,24). The maximum absolute atomic E-state index is 12.1. The molecule has 28 heavy (non-hydrogen) atoms. The monoisotopic (exact) mass is 405 g/mol. The first-order valence-electron chi connectivity index (χ1n) is 8.53. The average molecular weight is 405 g/mol. The number of benzene rings is 2. The minimum absolute atomic E-state index is 0.0699. The summed E-state index contributed by atoms with van der Waals surface area (Å²) >= 11 is 0. The molecule has 0 atom stereocenters. The number of carbonyl (C=O) groups excluding carboxylic acids is 2. The molecule has 0 aliphatic rings. The summed E-state index contributed by atoms with van der Waals surface area (Å²) in [5.41, 5.74) is 1.73. The van der Waals surface area contributed by atoms with Gasteiger partial charge in [-0.1, -0.05) is 35.9 Å². The van der Waals surface area contributed by atoms with Crippen LogP contribution < -0.4 is 20.1 Å². The molecule has 0 aliphatic heterocycles. The summed E-state index contributed by atoms with van der Waals surface area (Å²) in [7, 11) is -2.25. The molecule has 0 spiro atoms. The number of methoxy groups -OCH3 is 1. The van der Waals surface area contributed by atoms with E-state index in [0.717, 1.165) is 11.1 Å². The first kappa shape index (κ1) is 21.4. The Morgan fingerprint density at radius 1 is 0.929 bits per heavy atom. The van der Waals surface area contributed by atoms with Crippen molar-refractivity contribution in [2.45, 2.75) is 18.4 Å². The third kappa shape index (κ3) is 6.36. The Kier molecular flexibility index (Phi) is 7.53. The summed E-state index contributed by atoms with van der Waals surface area (Å²) < 4.78 is 31.6. The smallest absolute Gasteiger partial charge is 0.241 e. The summed E-state index contributed by atoms with van der Waals surface area (Å²) in [6.07, 6.45) is 0. The maximum Gasteiger partial charge on any atom is 0.241 e. The van der Waals surface area contributed by atoms with Gasteiger partial charge in [0.05, 0.1) is 25.1 Å². The summed E-state index contributed by atoms with van der Waals surface area (Å²) in [5.74, 6) is -0.360. The minimum Gasteiger partial charge on any atom is -0.496 e. The van der Waals surface area contributed by atoms with Crippen molar-refractivity contribution < 1.29 is 22.7 Å². The van der Waals surface area contributed by atoms with Gasteiger partial charge in [-0.2, -0.15) is 0 Å². The summed E-state index contributed by atoms with van der Waals surface area (Å²) in [4.78, 5) is 23.8. The summed E-state index contributed by atoms with van der Waals surface area (Å²) in [6.45, 7) is 1.37. The fourth-order valence-corrected chi connectivity index (χ4v) is 3.29. The number of ether oxygens (including phenoxy) is 1. The van der Waals surface area contributed by atoms with Crippen LogP contribution in [0.3, 0.4) is 0 Å². The quantitative estimate of drug-likeness (QED) is 0.569. The molecule has 0 saturated heterocycles. The van der Waals surface area contributed by atoms with Crippen molar-refractivity contribution in [1.29, 1.82) is 0 Å². The predicted octanol–water partition coefficient (Wildman–Crippen LogP) is 0.715. The molecule has 0 fully saturated rings. The van der Waals surface area contributed by atoms with Crippen LogP contribution in [-0.2, 0) is 26.2 Å². The van der Waals surface area contributed by atoms with Gasteiger partial charge in [0.1, 0.15) is 5.75 Å². The number of aryl methyl sites for hydroxylation is 1. The minimum atomic E-state index is -3.79. The van der Waals surface area contributed by atoms with E-state index in [4.69, 9.17) is 4.74 Å². The first-order valence-corrected chi connectivity index (χ1v) is 10.0. The number of hydrogen-bond donors (Lipinski definition) is 3. The van der Waals surface area contributed by atoms with E-state index in [1.54, 1.807) is 25.3 Å². The van der Waals surface area contributed by atoms with Gasteiger partial charge in [-0.25, -0.2) is 13.1 Å². The third-order valence-electron chi connectivity index (χ3n) is 3.87. The molecule has 2 amide bonds. The fourth-order valence-electron chi connectivity index (χ4n) is 2.31. The summed E-state index contributed by atoms with van der Waals surface area (Å²) in [5, 5.41) is 5.03. The van der Waals surface area contributed by atoms with Gasteiger partial charge in [-0.3, -0.25) is 9.59 Å². The predicted molar refractivity (Wildman–Crippen MR) is 104 cm³/mol. The van der Waals surface area contributed by atoms with Crippen LogP contribution in [0.2, 0.25) is 0 Å². The zero-order valence-electron chi connectivity index (χ0n) is 15.7. The number of sulfonamides is 1. The second-order valence-electron chi connectivity index (χ2n) is 6.00. The number of hydrogen-bond acceptors (Lipinski definition) is 5. The molecule has 0 saturated carbocycles. The molecular formula is C19H23N3O5S. The van der Waals surface area contributed by atoms with Crippen molar-refractivity contribution in [2.75, 3.05) is 20.2 Å². The van der Waals surface area contributed by atoms with Crippen LogP contribution in [0.4, 0.5) is 0 Å². The molecule has 2 aromatic carbocycles. The van der Waals surface area contributed by atoms with Crippen molar-refractivity contribution >= 4 is 21.8 Å². The number of rotatable bonds is 9. The highest BCUT2D eigenvalue weighted by molar-refractivity contribution is 7.89. The van der Waals surface area contributed by atoms with Gasteiger partial charge in [0.15, 0.2) is 0 Å². The highest BCUT2D eigenvalue weighted by atomic mass is 32.2. The van der Waals surface area contributed by atoms with E-state index in [1.807, 2.05) is 25.1 Å². The van der Waals surface area contributed by atoms with E-state index in [1.165, 1.54) is 12.1 Å². The zero-order chi connectivity index (χ0) is 20.6. The van der Waals surface area contributed by atoms with Gasteiger partial charge in [0, 0.05) is 12.1 Å². The number of carbonyl (C=O) groups is 2. The lowest BCUT2D eigenvalue weighted by atomic mass is 10.2. The Hall–Kier alpha value is -2.91. The molecule has 9 heteroatoms. The van der Waals surface area contributed by atoms with Crippen LogP contribution in [0, 0.1) is 6.92 Å². The molecule has 0 aliphatic carbocycles. The Morgan fingerprint density at radius 3 is 2.25 bits per heavy atom. The van der Waals surface area contributed by atoms with Crippen LogP contribution in [0.25, 0.3) is 0 Å². The van der Waals surface area contributed by atoms with E-state index in [2.05, 4.69) is 15.4 Å². The van der Waals surface area contributed by atoms with Gasteiger partial charge in [0.25, 0.3) is 0 Å². The SMILES string of the molecule is COc1ccccc1CNC(=O)CNC(=O)CNS(=O)(=O)c1ccc(C)cc1. The van der Waals surface area contributed by atoms with Crippen molar-refractivity contribution in [1.82, 2.24) is 15.4 Å². The average Bonchev–Trinajstić information content (AvgIpc) is 2.69. The molecule has 2 aromatic rings. The molecular weight excluding hydrogens is 382 g/mol. The number of para-hydroxylation sites is 1. The van der Waals surface area contributed by atoms with E-state index in [0.29, 0.717) is 5.75 Å². The maximum atomic E-state index is 12.1. The Labute approximate surface area is 164 Å². The zero-order valence-corrected chi connectivity index (χ0v) is 16.5. The highest BCUT2D eigenvalue weighted by Gasteiger charge is 2.15. The number of nitrogens with one attached hydrogen (secondary N) is 3. The molecule has 0 unspecified atom stereocenters. The van der Waals surface area contributed by atoms with Crippen LogP contribution in [0.15, 0.2) is 53.4 Å². The van der Waals surface area contributed by atoms with Crippen molar-refractivity contribution in [3.05, 3.63) is 59.7 Å². The van der Waals surface area contributed by atoms with E-state index >= 15 is 0 Å². The van der Waals surface area contributed by atoms with E-state index in [9.17, 15) is 18.0 Å². The topological polar surface area (TPSA) is 114 Å². The van der Waals surface area contributed by atoms with Gasteiger partial charge in [-0.05, 0) is 25.1 Å². The second kappa shape index (κ2) is 9.86. The third-order valence-corrected chi connectivity index (χ3v) is 5.29. The van der Waals surface area contributed by atoms with Crippen LogP contribution >= 0.6 is 0 Å². The Bertz CT molecular complexity index is 927. The fraction of sp³-hybridized carbons (Fsp3) is 0.263. The van der Waals surface area contributed by atoms with Crippen LogP contribution in [-0.4, -0.2) is 40.4 Å². The molecule has 3 N–H and O–H groups in total. The van der Waals surface area contributed by atoms with Crippen molar-refractivity contribution in [3.63, 3.8) is 0 Å².